The van der Waals surface area contributed by atoms with Crippen LogP contribution in [0.1, 0.15) is 7.43 Å². The van der Waals surface area contributed by atoms with Crippen molar-refractivity contribution < 1.29 is 0 Å². The second kappa shape index (κ2) is 15.6. The predicted octanol–water partition coefficient (Wildman–Crippen LogP) is 16.2. The fraction of sp³-hybridized carbons (Fsp3) is 0.0167. The average Bonchev–Trinajstić information content (AvgIpc) is 3.87. The molecule has 63 heavy (non-hydrogen) atoms. The van der Waals surface area contributed by atoms with Gasteiger partial charge in [0.15, 0.2) is 0 Å². The third kappa shape index (κ3) is 6.59. The van der Waals surface area contributed by atoms with Crippen LogP contribution < -0.4 is 0 Å². The number of benzene rings is 9. The van der Waals surface area contributed by atoms with E-state index in [2.05, 4.69) is 246 Å². The number of para-hydroxylation sites is 4. The van der Waals surface area contributed by atoms with Gasteiger partial charge in [-0.2, -0.15) is 0 Å². The molecule has 3 nitrogen and oxygen atoms in total. The molecular weight excluding hydrogens is 763 g/mol. The summed E-state index contributed by atoms with van der Waals surface area (Å²) in [7, 11) is 0. The van der Waals surface area contributed by atoms with Crippen molar-refractivity contribution in [3.63, 3.8) is 0 Å². The van der Waals surface area contributed by atoms with Crippen molar-refractivity contribution in [2.75, 3.05) is 0 Å². The Hall–Kier alpha value is -8.27. The minimum atomic E-state index is 0. The summed E-state index contributed by atoms with van der Waals surface area (Å²) in [5.41, 5.74) is 18.1. The topological polar surface area (TPSA) is 22.8 Å². The van der Waals surface area contributed by atoms with Gasteiger partial charge in [0.1, 0.15) is 0 Å². The highest BCUT2D eigenvalue weighted by atomic mass is 15.0. The van der Waals surface area contributed by atoms with Crippen molar-refractivity contribution in [3.05, 3.63) is 237 Å². The lowest BCUT2D eigenvalue weighted by atomic mass is 9.97. The first kappa shape index (κ1) is 37.7. The van der Waals surface area contributed by atoms with Crippen molar-refractivity contribution >= 4 is 43.6 Å². The molecule has 0 aliphatic heterocycles. The quantitative estimate of drug-likeness (QED) is 0.157. The number of nitrogens with zero attached hydrogens (tertiary/aromatic N) is 3. The average molecular weight is 806 g/mol. The summed E-state index contributed by atoms with van der Waals surface area (Å²) in [4.78, 5) is 5.31. The van der Waals surface area contributed by atoms with Crippen LogP contribution in [0.5, 0.6) is 0 Å². The van der Waals surface area contributed by atoms with E-state index in [-0.39, 0.29) is 7.43 Å². The van der Waals surface area contributed by atoms with E-state index in [1.165, 1.54) is 54.7 Å². The molecule has 0 bridgehead atoms. The van der Waals surface area contributed by atoms with Gasteiger partial charge in [0, 0.05) is 44.0 Å². The maximum atomic E-state index is 5.31. The molecule has 0 N–H and O–H groups in total. The number of aromatic nitrogens is 3. The van der Waals surface area contributed by atoms with Gasteiger partial charge in [-0.3, -0.25) is 0 Å². The second-order valence-corrected chi connectivity index (χ2v) is 16.0. The predicted molar refractivity (Wildman–Crippen MR) is 267 cm³/mol. The van der Waals surface area contributed by atoms with E-state index in [1.54, 1.807) is 0 Å². The van der Waals surface area contributed by atoms with E-state index in [4.69, 9.17) is 4.98 Å². The largest absolute Gasteiger partial charge is 0.309 e. The van der Waals surface area contributed by atoms with E-state index >= 15 is 0 Å². The van der Waals surface area contributed by atoms with Gasteiger partial charge < -0.3 is 9.13 Å². The maximum Gasteiger partial charge on any atom is 0.0715 e. The van der Waals surface area contributed by atoms with Gasteiger partial charge in [0.25, 0.3) is 0 Å². The molecule has 12 rings (SSSR count). The number of rotatable bonds is 7. The minimum absolute atomic E-state index is 0. The summed E-state index contributed by atoms with van der Waals surface area (Å²) in [6.45, 7) is 0. The van der Waals surface area contributed by atoms with Crippen LogP contribution in [-0.2, 0) is 0 Å². The van der Waals surface area contributed by atoms with E-state index in [9.17, 15) is 0 Å². The molecule has 298 valence electrons. The van der Waals surface area contributed by atoms with Gasteiger partial charge in [-0.1, -0.05) is 183 Å². The Morgan fingerprint density at radius 1 is 0.238 bits per heavy atom. The highest BCUT2D eigenvalue weighted by Gasteiger charge is 2.15. The molecule has 0 saturated carbocycles. The summed E-state index contributed by atoms with van der Waals surface area (Å²) in [5.74, 6) is 0. The van der Waals surface area contributed by atoms with Crippen molar-refractivity contribution in [1.29, 1.82) is 0 Å². The molecule has 0 amide bonds. The molecule has 3 heteroatoms. The normalized spacial score (nSPS) is 11.4. The summed E-state index contributed by atoms with van der Waals surface area (Å²) < 4.78 is 4.75. The molecular formula is C60H43N3. The van der Waals surface area contributed by atoms with Crippen molar-refractivity contribution in [2.24, 2.45) is 0 Å². The zero-order valence-corrected chi connectivity index (χ0v) is 33.9. The lowest BCUT2D eigenvalue weighted by Crippen LogP contribution is -1.94. The number of pyridine rings is 1. The Morgan fingerprint density at radius 2 is 0.556 bits per heavy atom. The van der Waals surface area contributed by atoms with Gasteiger partial charge in [-0.05, 0) is 94.0 Å². The SMILES string of the molecule is C.c1ccc(-c2cc(-c3ccc(-c4cccc(-n5c6ccccc6c6ccccc65)c4)cc3)nc(-c3ccc(-c4cccc(-n5c6ccccc6c6ccccc65)c4)cc3)c2)cc1. The van der Waals surface area contributed by atoms with Gasteiger partial charge in [-0.25, -0.2) is 4.98 Å². The molecule has 0 saturated heterocycles. The standard InChI is InChI=1S/C59H39N3.CH4/c1-2-14-40(15-3-1)47-38-54(43-32-28-41(29-33-43)45-16-12-18-48(36-45)61-56-24-8-4-20-50(56)51-21-5-9-25-57(51)61)60-55(39-47)44-34-30-42(31-35-44)46-17-13-19-49(37-46)62-58-26-10-6-22-52(58)53-23-7-11-27-59(53)62;/h1-39H;1H4. The molecule has 0 aliphatic carbocycles. The molecule has 12 aromatic rings. The second-order valence-electron chi connectivity index (χ2n) is 16.0. The minimum Gasteiger partial charge on any atom is -0.309 e. The van der Waals surface area contributed by atoms with E-state index < -0.39 is 0 Å². The molecule has 0 radical (unpaired) electrons. The van der Waals surface area contributed by atoms with Crippen LogP contribution in [0, 0.1) is 0 Å². The summed E-state index contributed by atoms with van der Waals surface area (Å²) in [6, 6.07) is 85.1. The summed E-state index contributed by atoms with van der Waals surface area (Å²) in [6.07, 6.45) is 0. The van der Waals surface area contributed by atoms with Gasteiger partial charge in [0.2, 0.25) is 0 Å². The first-order valence-corrected chi connectivity index (χ1v) is 21.2. The number of fused-ring (bicyclic) bond motifs is 6. The Bertz CT molecular complexity index is 3290. The molecule has 3 aromatic heterocycles. The first-order valence-electron chi connectivity index (χ1n) is 21.2. The zero-order chi connectivity index (χ0) is 41.0. The van der Waals surface area contributed by atoms with Gasteiger partial charge in [-0.15, -0.1) is 0 Å². The smallest absolute Gasteiger partial charge is 0.0715 e. The lowest BCUT2D eigenvalue weighted by Gasteiger charge is -2.13. The number of hydrogen-bond donors (Lipinski definition) is 0. The van der Waals surface area contributed by atoms with Crippen LogP contribution in [0.4, 0.5) is 0 Å². The first-order chi connectivity index (χ1) is 30.7. The summed E-state index contributed by atoms with van der Waals surface area (Å²) in [5, 5.41) is 5.05. The molecule has 9 aromatic carbocycles. The monoisotopic (exact) mass is 805 g/mol. The molecule has 0 spiro atoms. The Balaban J connectivity index is 0.00000444. The Morgan fingerprint density at radius 3 is 0.952 bits per heavy atom. The van der Waals surface area contributed by atoms with Crippen LogP contribution in [0.2, 0.25) is 0 Å². The van der Waals surface area contributed by atoms with Crippen LogP contribution in [0.25, 0.3) is 111 Å². The molecule has 0 atom stereocenters. The molecule has 3 heterocycles. The molecule has 0 unspecified atom stereocenters. The van der Waals surface area contributed by atoms with Crippen LogP contribution in [0.15, 0.2) is 237 Å². The lowest BCUT2D eigenvalue weighted by molar-refractivity contribution is 1.18. The zero-order valence-electron chi connectivity index (χ0n) is 33.9. The highest BCUT2D eigenvalue weighted by molar-refractivity contribution is 6.10. The molecule has 0 fully saturated rings. The van der Waals surface area contributed by atoms with Crippen molar-refractivity contribution in [3.8, 4) is 67.3 Å². The highest BCUT2D eigenvalue weighted by Crippen LogP contribution is 2.37. The molecule has 0 aliphatic rings. The van der Waals surface area contributed by atoms with E-state index in [0.29, 0.717) is 0 Å². The van der Waals surface area contributed by atoms with Crippen LogP contribution >= 0.6 is 0 Å². The Labute approximate surface area is 367 Å². The van der Waals surface area contributed by atoms with E-state index in [1.807, 2.05) is 0 Å². The van der Waals surface area contributed by atoms with Crippen molar-refractivity contribution in [2.45, 2.75) is 7.43 Å². The van der Waals surface area contributed by atoms with Crippen LogP contribution in [-0.4, -0.2) is 14.1 Å². The number of hydrogen-bond acceptors (Lipinski definition) is 1. The third-order valence-electron chi connectivity index (χ3n) is 12.3. The van der Waals surface area contributed by atoms with Gasteiger partial charge in [0.05, 0.1) is 33.5 Å². The van der Waals surface area contributed by atoms with Crippen molar-refractivity contribution in [1.82, 2.24) is 14.1 Å². The maximum absolute atomic E-state index is 5.31. The van der Waals surface area contributed by atoms with Gasteiger partial charge >= 0.3 is 0 Å². The third-order valence-corrected chi connectivity index (χ3v) is 12.3. The summed E-state index contributed by atoms with van der Waals surface area (Å²) >= 11 is 0. The fourth-order valence-electron chi connectivity index (χ4n) is 9.34. The van der Waals surface area contributed by atoms with Crippen LogP contribution in [0.3, 0.4) is 0 Å². The van der Waals surface area contributed by atoms with E-state index in [0.717, 1.165) is 56.1 Å². The Kier molecular flexibility index (Phi) is 9.36. The fourth-order valence-corrected chi connectivity index (χ4v) is 9.34.